The molecule has 0 spiro atoms. The Morgan fingerprint density at radius 2 is 2.06 bits per heavy atom. The van der Waals surface area contributed by atoms with Gasteiger partial charge in [0.2, 0.25) is 0 Å². The Labute approximate surface area is 110 Å². The first-order valence-corrected chi connectivity index (χ1v) is 8.46. The lowest BCUT2D eigenvalue weighted by Gasteiger charge is -2.08. The number of nitrogens with one attached hydrogen (secondary N) is 1. The molecular formula is C10H19N3S3. The third kappa shape index (κ3) is 5.52. The van der Waals surface area contributed by atoms with E-state index in [0.717, 1.165) is 14.4 Å². The summed E-state index contributed by atoms with van der Waals surface area (Å²) in [6, 6.07) is 0.634. The third-order valence-corrected chi connectivity index (χ3v) is 5.43. The molecule has 1 rings (SSSR count). The Bertz CT molecular complexity index is 291. The number of thioether (sulfide) groups is 2. The second kappa shape index (κ2) is 8.33. The highest BCUT2D eigenvalue weighted by atomic mass is 32.2. The van der Waals surface area contributed by atoms with Gasteiger partial charge in [0.05, 0.1) is 0 Å². The fourth-order valence-corrected chi connectivity index (χ4v) is 3.70. The molecule has 0 aromatic carbocycles. The van der Waals surface area contributed by atoms with Crippen LogP contribution >= 0.6 is 34.9 Å². The van der Waals surface area contributed by atoms with Crippen LogP contribution in [0.2, 0.25) is 0 Å². The molecule has 1 aromatic rings. The Morgan fingerprint density at radius 1 is 1.31 bits per heavy atom. The van der Waals surface area contributed by atoms with Gasteiger partial charge >= 0.3 is 0 Å². The van der Waals surface area contributed by atoms with Crippen molar-refractivity contribution in [3.8, 4) is 0 Å². The van der Waals surface area contributed by atoms with Gasteiger partial charge < -0.3 is 5.32 Å². The highest BCUT2D eigenvalue weighted by molar-refractivity contribution is 8.02. The topological polar surface area (TPSA) is 37.8 Å². The van der Waals surface area contributed by atoms with Gasteiger partial charge in [0, 0.05) is 11.8 Å². The van der Waals surface area contributed by atoms with E-state index in [9.17, 15) is 0 Å². The molecule has 92 valence electrons. The predicted molar refractivity (Wildman–Crippen MR) is 74.8 cm³/mol. The first-order chi connectivity index (χ1) is 7.76. The fourth-order valence-electron chi connectivity index (χ4n) is 1.19. The summed E-state index contributed by atoms with van der Waals surface area (Å²) >= 11 is 5.18. The van der Waals surface area contributed by atoms with Gasteiger partial charge in [0.1, 0.15) is 0 Å². The van der Waals surface area contributed by atoms with Crippen LogP contribution in [0.5, 0.6) is 0 Å². The van der Waals surface area contributed by atoms with Gasteiger partial charge in [-0.05, 0) is 33.1 Å². The summed E-state index contributed by atoms with van der Waals surface area (Å²) in [6.07, 6.45) is 5.82. The van der Waals surface area contributed by atoms with Gasteiger partial charge in [-0.25, -0.2) is 0 Å². The van der Waals surface area contributed by atoms with Crippen molar-refractivity contribution in [2.45, 2.75) is 40.9 Å². The molecule has 0 saturated carbocycles. The van der Waals surface area contributed by atoms with Crippen molar-refractivity contribution in [2.75, 3.05) is 19.1 Å². The van der Waals surface area contributed by atoms with Crippen LogP contribution in [0.25, 0.3) is 0 Å². The van der Waals surface area contributed by atoms with Crippen LogP contribution in [0, 0.1) is 0 Å². The molecule has 0 radical (unpaired) electrons. The maximum Gasteiger partial charge on any atom is 0.175 e. The number of aromatic nitrogens is 2. The highest BCUT2D eigenvalue weighted by Crippen LogP contribution is 2.27. The number of rotatable bonds is 8. The van der Waals surface area contributed by atoms with Crippen molar-refractivity contribution in [1.82, 2.24) is 15.5 Å². The standard InChI is InChI=1S/C10H19N3S3/c1-8(11-2)6-4-5-7-15-10-13-12-9(14-3)16-10/h8,11H,4-7H2,1-3H3. The van der Waals surface area contributed by atoms with E-state index < -0.39 is 0 Å². The second-order valence-electron chi connectivity index (χ2n) is 3.57. The van der Waals surface area contributed by atoms with Gasteiger partial charge in [-0.2, -0.15) is 0 Å². The van der Waals surface area contributed by atoms with Gasteiger partial charge in [-0.1, -0.05) is 41.3 Å². The molecule has 1 unspecified atom stereocenters. The summed E-state index contributed by atoms with van der Waals surface area (Å²) in [4.78, 5) is 0. The summed E-state index contributed by atoms with van der Waals surface area (Å²) in [7, 11) is 2.02. The van der Waals surface area contributed by atoms with Crippen LogP contribution < -0.4 is 5.32 Å². The molecule has 0 bridgehead atoms. The molecule has 1 atom stereocenters. The summed E-state index contributed by atoms with van der Waals surface area (Å²) in [6.45, 7) is 2.22. The monoisotopic (exact) mass is 277 g/mol. The summed E-state index contributed by atoms with van der Waals surface area (Å²) in [5.74, 6) is 1.15. The normalized spacial score (nSPS) is 12.9. The first kappa shape index (κ1) is 14.3. The quantitative estimate of drug-likeness (QED) is 0.584. The molecule has 16 heavy (non-hydrogen) atoms. The molecule has 1 N–H and O–H groups in total. The molecule has 0 amide bonds. The molecule has 6 heteroatoms. The lowest BCUT2D eigenvalue weighted by Crippen LogP contribution is -2.20. The lowest BCUT2D eigenvalue weighted by atomic mass is 10.1. The summed E-state index contributed by atoms with van der Waals surface area (Å²) in [5, 5.41) is 11.5. The van der Waals surface area contributed by atoms with Gasteiger partial charge in [0.15, 0.2) is 8.68 Å². The van der Waals surface area contributed by atoms with Gasteiger partial charge in [0.25, 0.3) is 0 Å². The van der Waals surface area contributed by atoms with E-state index in [0.29, 0.717) is 6.04 Å². The lowest BCUT2D eigenvalue weighted by molar-refractivity contribution is 0.539. The Morgan fingerprint density at radius 3 is 2.69 bits per heavy atom. The van der Waals surface area contributed by atoms with Crippen LogP contribution in [0.15, 0.2) is 8.68 Å². The van der Waals surface area contributed by atoms with Crippen molar-refractivity contribution in [1.29, 1.82) is 0 Å². The molecular weight excluding hydrogens is 258 g/mol. The number of nitrogens with zero attached hydrogens (tertiary/aromatic N) is 2. The van der Waals surface area contributed by atoms with Crippen LogP contribution in [0.4, 0.5) is 0 Å². The molecule has 0 saturated heterocycles. The van der Waals surface area contributed by atoms with Crippen molar-refractivity contribution in [2.24, 2.45) is 0 Å². The van der Waals surface area contributed by atoms with E-state index >= 15 is 0 Å². The smallest absolute Gasteiger partial charge is 0.175 e. The van der Waals surface area contributed by atoms with Gasteiger partial charge in [-0.15, -0.1) is 10.2 Å². The van der Waals surface area contributed by atoms with E-state index in [2.05, 4.69) is 22.4 Å². The zero-order valence-corrected chi connectivity index (χ0v) is 12.5. The van der Waals surface area contributed by atoms with E-state index in [1.165, 1.54) is 19.3 Å². The summed E-state index contributed by atoms with van der Waals surface area (Å²) < 4.78 is 2.16. The average Bonchev–Trinajstić information content (AvgIpc) is 2.76. The van der Waals surface area contributed by atoms with Gasteiger partial charge in [-0.3, -0.25) is 0 Å². The van der Waals surface area contributed by atoms with E-state index in [1.807, 2.05) is 25.1 Å². The van der Waals surface area contributed by atoms with E-state index in [-0.39, 0.29) is 0 Å². The Kier molecular flexibility index (Phi) is 7.44. The first-order valence-electron chi connectivity index (χ1n) is 5.43. The Hall–Kier alpha value is 0.220. The summed E-state index contributed by atoms with van der Waals surface area (Å²) in [5.41, 5.74) is 0. The molecule has 3 nitrogen and oxygen atoms in total. The minimum atomic E-state index is 0.634. The fraction of sp³-hybridized carbons (Fsp3) is 0.800. The minimum absolute atomic E-state index is 0.634. The van der Waals surface area contributed by atoms with Crippen LogP contribution in [0.1, 0.15) is 26.2 Å². The second-order valence-corrected chi connectivity index (χ2v) is 6.94. The molecule has 0 aliphatic carbocycles. The number of hydrogen-bond donors (Lipinski definition) is 1. The number of unbranched alkanes of at least 4 members (excludes halogenated alkanes) is 1. The maximum atomic E-state index is 4.13. The van der Waals surface area contributed by atoms with Crippen molar-refractivity contribution in [3.63, 3.8) is 0 Å². The minimum Gasteiger partial charge on any atom is -0.317 e. The third-order valence-electron chi connectivity index (χ3n) is 2.31. The highest BCUT2D eigenvalue weighted by Gasteiger charge is 2.03. The zero-order valence-electron chi connectivity index (χ0n) is 10.0. The average molecular weight is 277 g/mol. The predicted octanol–water partition coefficient (Wildman–Crippen LogP) is 3.13. The van der Waals surface area contributed by atoms with Crippen molar-refractivity contribution >= 4 is 34.9 Å². The Balaban J connectivity index is 2.07. The van der Waals surface area contributed by atoms with E-state index in [4.69, 9.17) is 0 Å². The van der Waals surface area contributed by atoms with Crippen LogP contribution in [-0.2, 0) is 0 Å². The maximum absolute atomic E-state index is 4.13. The zero-order chi connectivity index (χ0) is 11.8. The molecule has 0 fully saturated rings. The number of hydrogen-bond acceptors (Lipinski definition) is 6. The van der Waals surface area contributed by atoms with Crippen LogP contribution in [0.3, 0.4) is 0 Å². The van der Waals surface area contributed by atoms with Crippen molar-refractivity contribution < 1.29 is 0 Å². The van der Waals surface area contributed by atoms with E-state index in [1.54, 1.807) is 23.1 Å². The molecule has 1 aromatic heterocycles. The largest absolute Gasteiger partial charge is 0.317 e. The SMILES string of the molecule is CNC(C)CCCCSc1nnc(SC)s1. The molecule has 1 heterocycles. The molecule has 0 aliphatic heterocycles. The van der Waals surface area contributed by atoms with Crippen LogP contribution in [-0.4, -0.2) is 35.3 Å². The molecule has 0 aliphatic rings. The van der Waals surface area contributed by atoms with Crippen molar-refractivity contribution in [3.05, 3.63) is 0 Å².